The number of hydrogen-bond donors (Lipinski definition) is 1. The number of para-hydroxylation sites is 1. The van der Waals surface area contributed by atoms with Gasteiger partial charge >= 0.3 is 0 Å². The number of aromatic nitrogens is 1. The zero-order valence-corrected chi connectivity index (χ0v) is 20.1. The molecule has 190 valence electrons. The lowest BCUT2D eigenvalue weighted by molar-refractivity contribution is -0.0196. The number of fused-ring (bicyclic) bond motifs is 3. The van der Waals surface area contributed by atoms with Crippen LogP contribution in [0.5, 0.6) is 11.5 Å². The molecule has 1 fully saturated rings. The highest BCUT2D eigenvalue weighted by Gasteiger charge is 2.47. The van der Waals surface area contributed by atoms with Crippen LogP contribution in [-0.4, -0.2) is 59.2 Å². The third kappa shape index (κ3) is 3.11. The number of nitrogens with zero attached hydrogens (tertiary/aromatic N) is 4. The smallest absolute Gasteiger partial charge is 0.278 e. The lowest BCUT2D eigenvalue weighted by Crippen LogP contribution is -2.66. The largest absolute Gasteiger partial charge is 0.502 e. The van der Waals surface area contributed by atoms with Gasteiger partial charge in [0, 0.05) is 30.9 Å². The molecule has 0 saturated carbocycles. The zero-order chi connectivity index (χ0) is 25.4. The number of ether oxygens (including phenoxy) is 2. The first-order valence-electron chi connectivity index (χ1n) is 12.4. The number of anilines is 1. The van der Waals surface area contributed by atoms with Crippen LogP contribution in [0.4, 0.5) is 10.1 Å². The van der Waals surface area contributed by atoms with E-state index in [0.29, 0.717) is 26.3 Å². The average Bonchev–Trinajstić information content (AvgIpc) is 3.04. The van der Waals surface area contributed by atoms with Crippen molar-refractivity contribution in [3.05, 3.63) is 87.1 Å². The van der Waals surface area contributed by atoms with Crippen molar-refractivity contribution in [2.75, 3.05) is 36.3 Å². The summed E-state index contributed by atoms with van der Waals surface area (Å²) in [5.41, 5.74) is 2.78. The lowest BCUT2D eigenvalue weighted by Gasteiger charge is -2.51. The second kappa shape index (κ2) is 7.97. The van der Waals surface area contributed by atoms with E-state index in [-0.39, 0.29) is 24.2 Å². The van der Waals surface area contributed by atoms with Crippen LogP contribution in [0.3, 0.4) is 0 Å². The molecule has 1 aromatic heterocycles. The Hall–Kier alpha value is -4.05. The quantitative estimate of drug-likeness (QED) is 0.544. The van der Waals surface area contributed by atoms with Gasteiger partial charge in [-0.25, -0.2) is 4.39 Å². The predicted octanol–water partition coefficient (Wildman–Crippen LogP) is 2.33. The normalized spacial score (nSPS) is 23.9. The molecule has 10 heteroatoms. The third-order valence-electron chi connectivity index (χ3n) is 7.80. The van der Waals surface area contributed by atoms with Crippen molar-refractivity contribution in [3.63, 3.8) is 0 Å². The molecular formula is C27H25FN4O5. The van der Waals surface area contributed by atoms with Crippen molar-refractivity contribution >= 4 is 11.6 Å². The number of aromatic hydroxyl groups is 1. The van der Waals surface area contributed by atoms with Crippen LogP contribution in [0.15, 0.2) is 53.5 Å². The van der Waals surface area contributed by atoms with Gasteiger partial charge in [-0.1, -0.05) is 18.2 Å². The number of pyridine rings is 1. The Bertz CT molecular complexity index is 1510. The summed E-state index contributed by atoms with van der Waals surface area (Å²) < 4.78 is 28.1. The number of hydrogen-bond acceptors (Lipinski definition) is 7. The Morgan fingerprint density at radius 3 is 2.78 bits per heavy atom. The highest BCUT2D eigenvalue weighted by Crippen LogP contribution is 2.48. The van der Waals surface area contributed by atoms with Gasteiger partial charge in [0.25, 0.3) is 5.91 Å². The lowest BCUT2D eigenvalue weighted by atomic mass is 9.93. The van der Waals surface area contributed by atoms with E-state index in [1.54, 1.807) is 21.7 Å². The maximum absolute atomic E-state index is 14.6. The first kappa shape index (κ1) is 22.2. The van der Waals surface area contributed by atoms with Crippen LogP contribution in [0, 0.1) is 5.82 Å². The molecule has 5 heterocycles. The van der Waals surface area contributed by atoms with E-state index in [2.05, 4.69) is 11.8 Å². The molecule has 0 aliphatic carbocycles. The monoisotopic (exact) mass is 504 g/mol. The van der Waals surface area contributed by atoms with Gasteiger partial charge in [0.15, 0.2) is 11.4 Å². The van der Waals surface area contributed by atoms with E-state index in [1.807, 2.05) is 23.2 Å². The van der Waals surface area contributed by atoms with E-state index >= 15 is 0 Å². The van der Waals surface area contributed by atoms with Gasteiger partial charge in [0.1, 0.15) is 30.4 Å². The van der Waals surface area contributed by atoms with Crippen LogP contribution >= 0.6 is 0 Å². The number of amides is 1. The summed E-state index contributed by atoms with van der Waals surface area (Å²) in [5.74, 6) is -0.616. The van der Waals surface area contributed by atoms with Crippen molar-refractivity contribution in [1.82, 2.24) is 9.58 Å². The first-order chi connectivity index (χ1) is 17.9. The van der Waals surface area contributed by atoms with E-state index in [4.69, 9.17) is 9.47 Å². The fourth-order valence-corrected chi connectivity index (χ4v) is 6.08. The standard InChI is InChI=1S/C27H25FN4O5/c1-15-13-37-21-4-2-3-19-23(18-6-5-17(28)11-16(18)12-30(15)24(19)21)32-22-14-36-10-9-29(22)27(35)25-26(34)20(33)7-8-31(25)32/h2-8,11,15,22-23,34H,9-10,12-14H2,1H3. The Morgan fingerprint density at radius 2 is 1.92 bits per heavy atom. The molecule has 1 N–H and O–H groups in total. The van der Waals surface area contributed by atoms with Gasteiger partial charge in [-0.3, -0.25) is 19.3 Å². The number of benzene rings is 2. The van der Waals surface area contributed by atoms with Crippen LogP contribution in [0.25, 0.3) is 0 Å². The summed E-state index contributed by atoms with van der Waals surface area (Å²) in [6.45, 7) is 3.96. The Kier molecular flexibility index (Phi) is 4.78. The number of rotatable bonds is 1. The number of halogens is 1. The van der Waals surface area contributed by atoms with Gasteiger partial charge in [0.2, 0.25) is 5.43 Å². The SMILES string of the molecule is CC1COc2cccc3c2N1Cc1cc(F)ccc1C3N1C2COCCN2C(=O)c2c(O)c(=O)ccn21. The summed E-state index contributed by atoms with van der Waals surface area (Å²) in [5, 5.41) is 12.7. The molecule has 7 rings (SSSR count). The van der Waals surface area contributed by atoms with Gasteiger partial charge in [0.05, 0.1) is 24.9 Å². The van der Waals surface area contributed by atoms with Crippen LogP contribution in [0.2, 0.25) is 0 Å². The molecule has 37 heavy (non-hydrogen) atoms. The molecule has 0 radical (unpaired) electrons. The van der Waals surface area contributed by atoms with E-state index < -0.39 is 29.3 Å². The van der Waals surface area contributed by atoms with Gasteiger partial charge in [-0.2, -0.15) is 0 Å². The molecule has 0 spiro atoms. The number of morpholine rings is 1. The summed E-state index contributed by atoms with van der Waals surface area (Å²) >= 11 is 0. The Labute approximate surface area is 211 Å². The molecule has 3 aromatic rings. The molecule has 1 saturated heterocycles. The van der Waals surface area contributed by atoms with Crippen molar-refractivity contribution in [2.45, 2.75) is 31.7 Å². The second-order valence-corrected chi connectivity index (χ2v) is 9.88. The minimum atomic E-state index is -0.625. The van der Waals surface area contributed by atoms with Gasteiger partial charge in [-0.15, -0.1) is 0 Å². The summed E-state index contributed by atoms with van der Waals surface area (Å²) in [7, 11) is 0. The molecule has 2 aromatic carbocycles. The average molecular weight is 505 g/mol. The molecule has 9 nitrogen and oxygen atoms in total. The van der Waals surface area contributed by atoms with Gasteiger partial charge < -0.3 is 24.4 Å². The Morgan fingerprint density at radius 1 is 1.05 bits per heavy atom. The predicted molar refractivity (Wildman–Crippen MR) is 132 cm³/mol. The maximum Gasteiger partial charge on any atom is 0.278 e. The summed E-state index contributed by atoms with van der Waals surface area (Å²) in [4.78, 5) is 29.8. The summed E-state index contributed by atoms with van der Waals surface area (Å²) in [6, 6.07) is 11.4. The number of carbonyl (C=O) groups is 1. The molecule has 4 aliphatic rings. The third-order valence-corrected chi connectivity index (χ3v) is 7.80. The fraction of sp³-hybridized carbons (Fsp3) is 0.333. The van der Waals surface area contributed by atoms with Crippen molar-refractivity contribution in [3.8, 4) is 11.5 Å². The molecule has 0 bridgehead atoms. The molecular weight excluding hydrogens is 479 g/mol. The first-order valence-corrected chi connectivity index (χ1v) is 12.4. The van der Waals surface area contributed by atoms with E-state index in [1.165, 1.54) is 18.3 Å². The molecule has 4 aliphatic heterocycles. The minimum absolute atomic E-state index is 0.0490. The zero-order valence-electron chi connectivity index (χ0n) is 20.1. The maximum atomic E-state index is 14.6. The van der Waals surface area contributed by atoms with E-state index in [0.717, 1.165) is 28.1 Å². The highest BCUT2D eigenvalue weighted by molar-refractivity contribution is 5.96. The topological polar surface area (TPSA) is 87.5 Å². The van der Waals surface area contributed by atoms with Crippen LogP contribution in [-0.2, 0) is 11.3 Å². The molecule has 1 amide bonds. The number of carbonyl (C=O) groups excluding carboxylic acids is 1. The van der Waals surface area contributed by atoms with Crippen LogP contribution in [0.1, 0.15) is 40.1 Å². The fourth-order valence-electron chi connectivity index (χ4n) is 6.08. The highest BCUT2D eigenvalue weighted by atomic mass is 19.1. The van der Waals surface area contributed by atoms with Gasteiger partial charge in [-0.05, 0) is 36.2 Å². The van der Waals surface area contributed by atoms with Crippen molar-refractivity contribution in [2.24, 2.45) is 0 Å². The van der Waals surface area contributed by atoms with Crippen LogP contribution < -0.4 is 20.1 Å². The Balaban J connectivity index is 1.55. The van der Waals surface area contributed by atoms with E-state index in [9.17, 15) is 19.1 Å². The molecule has 3 atom stereocenters. The minimum Gasteiger partial charge on any atom is -0.502 e. The van der Waals surface area contributed by atoms with Crippen molar-refractivity contribution < 1.29 is 23.8 Å². The molecule has 3 unspecified atom stereocenters. The second-order valence-electron chi connectivity index (χ2n) is 9.88. The van der Waals surface area contributed by atoms with Crippen molar-refractivity contribution in [1.29, 1.82) is 0 Å². The summed E-state index contributed by atoms with van der Waals surface area (Å²) in [6.07, 6.45) is 0.990.